The lowest BCUT2D eigenvalue weighted by Gasteiger charge is -2.15. The zero-order valence-electron chi connectivity index (χ0n) is 16.1. The van der Waals surface area contributed by atoms with Crippen molar-refractivity contribution < 1.29 is 18.1 Å². The van der Waals surface area contributed by atoms with Crippen LogP contribution in [0.2, 0.25) is 0 Å². The van der Waals surface area contributed by atoms with Gasteiger partial charge in [0.15, 0.2) is 0 Å². The van der Waals surface area contributed by atoms with E-state index in [1.165, 1.54) is 18.2 Å². The largest absolute Gasteiger partial charge is 0.418 e. The van der Waals surface area contributed by atoms with Crippen LogP contribution < -0.4 is 10.6 Å². The molecule has 1 aromatic heterocycles. The minimum atomic E-state index is -4.63. The highest BCUT2D eigenvalue weighted by Crippen LogP contribution is 2.38. The Balaban J connectivity index is 1.97. The summed E-state index contributed by atoms with van der Waals surface area (Å²) in [6.07, 6.45) is -3.60. The van der Waals surface area contributed by atoms with Crippen molar-refractivity contribution >= 4 is 28.7 Å². The minimum Gasteiger partial charge on any atom is -0.334 e. The lowest BCUT2D eigenvalue weighted by Crippen LogP contribution is -2.10. The van der Waals surface area contributed by atoms with Gasteiger partial charge < -0.3 is 10.6 Å². The van der Waals surface area contributed by atoms with Gasteiger partial charge >= 0.3 is 11.9 Å². The summed E-state index contributed by atoms with van der Waals surface area (Å²) in [6, 6.07) is 11.9. The third-order valence-corrected chi connectivity index (χ3v) is 4.33. The van der Waals surface area contributed by atoms with Gasteiger partial charge in [-0.2, -0.15) is 13.2 Å². The first-order valence-electron chi connectivity index (χ1n) is 8.96. The number of benzene rings is 2. The van der Waals surface area contributed by atoms with E-state index in [1.807, 2.05) is 26.0 Å². The first kappa shape index (κ1) is 21.0. The minimum absolute atomic E-state index is 0.140. The Morgan fingerprint density at radius 1 is 0.967 bits per heavy atom. The number of anilines is 4. The van der Waals surface area contributed by atoms with E-state index in [9.17, 15) is 23.3 Å². The zero-order valence-corrected chi connectivity index (χ0v) is 16.1. The lowest BCUT2D eigenvalue weighted by molar-refractivity contribution is -0.383. The Kier molecular flexibility index (Phi) is 5.86. The molecule has 2 aromatic carbocycles. The van der Waals surface area contributed by atoms with Gasteiger partial charge in [0.05, 0.1) is 16.2 Å². The van der Waals surface area contributed by atoms with Gasteiger partial charge in [0, 0.05) is 5.69 Å². The number of alkyl halides is 3. The van der Waals surface area contributed by atoms with Gasteiger partial charge in [-0.05, 0) is 35.7 Å². The fraction of sp³-hybridized carbons (Fsp3) is 0.200. The predicted octanol–water partition coefficient (Wildman–Crippen LogP) is 6.01. The first-order valence-corrected chi connectivity index (χ1v) is 8.96. The van der Waals surface area contributed by atoms with Crippen molar-refractivity contribution in [2.45, 2.75) is 25.9 Å². The van der Waals surface area contributed by atoms with E-state index in [0.717, 1.165) is 18.0 Å². The van der Waals surface area contributed by atoms with Crippen LogP contribution in [0.25, 0.3) is 0 Å². The molecule has 1 heterocycles. The Hall–Kier alpha value is -3.69. The highest BCUT2D eigenvalue weighted by molar-refractivity contribution is 5.77. The van der Waals surface area contributed by atoms with E-state index >= 15 is 0 Å². The molecule has 0 radical (unpaired) electrons. The van der Waals surface area contributed by atoms with E-state index in [0.29, 0.717) is 11.6 Å². The van der Waals surface area contributed by atoms with Crippen LogP contribution >= 0.6 is 0 Å². The van der Waals surface area contributed by atoms with Crippen LogP contribution in [0.3, 0.4) is 0 Å². The molecular formula is C20H18F3N5O2. The molecule has 0 bridgehead atoms. The normalized spacial score (nSPS) is 11.4. The molecule has 0 atom stereocenters. The Morgan fingerprint density at radius 3 is 2.13 bits per heavy atom. The van der Waals surface area contributed by atoms with Crippen molar-refractivity contribution in [3.8, 4) is 0 Å². The second kappa shape index (κ2) is 8.36. The van der Waals surface area contributed by atoms with E-state index < -0.39 is 22.4 Å². The average molecular weight is 417 g/mol. The molecule has 7 nitrogen and oxygen atoms in total. The van der Waals surface area contributed by atoms with Crippen LogP contribution in [0.15, 0.2) is 54.9 Å². The highest BCUT2D eigenvalue weighted by atomic mass is 19.4. The van der Waals surface area contributed by atoms with Crippen LogP contribution in [-0.4, -0.2) is 14.9 Å². The van der Waals surface area contributed by atoms with Gasteiger partial charge in [-0.1, -0.05) is 38.1 Å². The zero-order chi connectivity index (χ0) is 21.9. The monoisotopic (exact) mass is 417 g/mol. The molecule has 0 aliphatic rings. The molecule has 2 N–H and O–H groups in total. The number of rotatable bonds is 6. The van der Waals surface area contributed by atoms with Crippen molar-refractivity contribution in [2.24, 2.45) is 0 Å². The Morgan fingerprint density at radius 2 is 1.57 bits per heavy atom. The van der Waals surface area contributed by atoms with Crippen LogP contribution in [0.4, 0.5) is 41.9 Å². The van der Waals surface area contributed by atoms with Gasteiger partial charge in [-0.15, -0.1) is 0 Å². The van der Waals surface area contributed by atoms with Crippen LogP contribution in [0.5, 0.6) is 0 Å². The number of halogens is 3. The number of nitrogens with zero attached hydrogens (tertiary/aromatic N) is 3. The fourth-order valence-electron chi connectivity index (χ4n) is 2.79. The fourth-order valence-corrected chi connectivity index (χ4v) is 2.79. The van der Waals surface area contributed by atoms with Gasteiger partial charge in [0.25, 0.3) is 0 Å². The first-order chi connectivity index (χ1) is 14.2. The number of nitro groups is 1. The second-order valence-corrected chi connectivity index (χ2v) is 6.75. The molecule has 3 aromatic rings. The van der Waals surface area contributed by atoms with E-state index in [2.05, 4.69) is 20.6 Å². The molecule has 0 unspecified atom stereocenters. The molecule has 10 heteroatoms. The molecule has 0 spiro atoms. The Bertz CT molecular complexity index is 1050. The van der Waals surface area contributed by atoms with Crippen molar-refractivity contribution in [3.63, 3.8) is 0 Å². The van der Waals surface area contributed by atoms with Crippen LogP contribution in [0, 0.1) is 10.1 Å². The lowest BCUT2D eigenvalue weighted by atomic mass is 10.0. The molecule has 0 aliphatic carbocycles. The van der Waals surface area contributed by atoms with E-state index in [4.69, 9.17) is 0 Å². The SMILES string of the molecule is CC(C)c1ccc(Nc2ncnc(Nc3ccccc3C(F)(F)F)c2[N+](=O)[O-])cc1. The summed E-state index contributed by atoms with van der Waals surface area (Å²) in [4.78, 5) is 18.6. The van der Waals surface area contributed by atoms with Crippen molar-refractivity contribution in [1.82, 2.24) is 9.97 Å². The molecule has 0 saturated heterocycles. The molecule has 0 aliphatic heterocycles. The maximum absolute atomic E-state index is 13.2. The highest BCUT2D eigenvalue weighted by Gasteiger charge is 2.34. The number of nitrogens with one attached hydrogen (secondary N) is 2. The molecule has 30 heavy (non-hydrogen) atoms. The summed E-state index contributed by atoms with van der Waals surface area (Å²) < 4.78 is 39.7. The van der Waals surface area contributed by atoms with Crippen LogP contribution in [0.1, 0.15) is 30.9 Å². The third-order valence-electron chi connectivity index (χ3n) is 4.33. The summed E-state index contributed by atoms with van der Waals surface area (Å²) in [7, 11) is 0. The van der Waals surface area contributed by atoms with E-state index in [1.54, 1.807) is 12.1 Å². The smallest absolute Gasteiger partial charge is 0.334 e. The second-order valence-electron chi connectivity index (χ2n) is 6.75. The summed E-state index contributed by atoms with van der Waals surface area (Å²) >= 11 is 0. The number of hydrogen-bond acceptors (Lipinski definition) is 6. The van der Waals surface area contributed by atoms with Gasteiger partial charge in [0.1, 0.15) is 6.33 Å². The summed E-state index contributed by atoms with van der Waals surface area (Å²) in [5, 5.41) is 16.9. The van der Waals surface area contributed by atoms with E-state index in [-0.39, 0.29) is 17.3 Å². The Labute approximate surface area is 170 Å². The van der Waals surface area contributed by atoms with Gasteiger partial charge in [0.2, 0.25) is 11.6 Å². The summed E-state index contributed by atoms with van der Waals surface area (Å²) in [6.45, 7) is 4.07. The topological polar surface area (TPSA) is 93.0 Å². The molecule has 0 saturated carbocycles. The quantitative estimate of drug-likeness (QED) is 0.377. The maximum atomic E-state index is 13.2. The standard InChI is InChI=1S/C20H18F3N5O2/c1-12(2)13-7-9-14(10-8-13)26-18-17(28(29)30)19(25-11-24-18)27-16-6-4-3-5-15(16)20(21,22)23/h3-12H,1-2H3,(H2,24,25,26,27). The summed E-state index contributed by atoms with van der Waals surface area (Å²) in [5.41, 5.74) is -0.246. The number of aromatic nitrogens is 2. The number of para-hydroxylation sites is 1. The van der Waals surface area contributed by atoms with Gasteiger partial charge in [-0.3, -0.25) is 10.1 Å². The molecule has 3 rings (SSSR count). The number of hydrogen-bond donors (Lipinski definition) is 2. The molecule has 0 fully saturated rings. The molecule has 0 amide bonds. The maximum Gasteiger partial charge on any atom is 0.418 e. The van der Waals surface area contributed by atoms with Crippen molar-refractivity contribution in [1.29, 1.82) is 0 Å². The van der Waals surface area contributed by atoms with Gasteiger partial charge in [-0.25, -0.2) is 9.97 Å². The third kappa shape index (κ3) is 4.65. The van der Waals surface area contributed by atoms with Crippen molar-refractivity contribution in [3.05, 3.63) is 76.1 Å². The average Bonchev–Trinajstić information content (AvgIpc) is 2.68. The molecule has 156 valence electrons. The van der Waals surface area contributed by atoms with Crippen molar-refractivity contribution in [2.75, 3.05) is 10.6 Å². The summed E-state index contributed by atoms with van der Waals surface area (Å²) in [5.74, 6) is -0.177. The molecular weight excluding hydrogens is 399 g/mol. The predicted molar refractivity (Wildman–Crippen MR) is 107 cm³/mol. The van der Waals surface area contributed by atoms with Crippen LogP contribution in [-0.2, 0) is 6.18 Å².